The Labute approximate surface area is 292 Å². The molecule has 1 aliphatic rings. The van der Waals surface area contributed by atoms with E-state index in [-0.39, 0.29) is 38.4 Å². The van der Waals surface area contributed by atoms with Crippen LogP contribution in [-0.2, 0) is 59.8 Å². The molecule has 1 aliphatic heterocycles. The van der Waals surface area contributed by atoms with Gasteiger partial charge in [0.25, 0.3) is 27.8 Å². The Bertz CT molecular complexity index is 1540. The molecule has 0 aliphatic carbocycles. The van der Waals surface area contributed by atoms with E-state index in [0.29, 0.717) is 24.1 Å². The minimum atomic E-state index is -4.79. The molecule has 0 aromatic heterocycles. The first-order chi connectivity index (χ1) is 23.2. The third-order valence-electron chi connectivity index (χ3n) is 7.56. The predicted octanol–water partition coefficient (Wildman–Crippen LogP) is 2.74. The van der Waals surface area contributed by atoms with Crippen LogP contribution in [-0.4, -0.2) is 83.7 Å². The topological polar surface area (TPSA) is 220 Å². The number of amides is 4. The maximum Gasteiger partial charge on any atom is 0.311 e. The van der Waals surface area contributed by atoms with Crippen molar-refractivity contribution in [2.75, 3.05) is 17.6 Å². The first-order valence-corrected chi connectivity index (χ1v) is 17.9. The summed E-state index contributed by atoms with van der Waals surface area (Å²) in [6, 6.07) is 5.43. The van der Waals surface area contributed by atoms with Crippen molar-refractivity contribution >= 4 is 57.2 Å². The van der Waals surface area contributed by atoms with Gasteiger partial charge in [-0.15, -0.1) is 0 Å². The summed E-state index contributed by atoms with van der Waals surface area (Å²) in [5.41, 5.74) is 0.508. The Morgan fingerprint density at radius 3 is 2.04 bits per heavy atom. The number of carbonyl (C=O) groups excluding carboxylic acids is 7. The van der Waals surface area contributed by atoms with Crippen LogP contribution in [0.1, 0.15) is 79.2 Å². The number of hydrogen-bond acceptors (Lipinski definition) is 11. The Morgan fingerprint density at radius 1 is 0.900 bits per heavy atom. The predicted molar refractivity (Wildman–Crippen MR) is 181 cm³/mol. The Hall–Kier alpha value is -4.44. The number of anilines is 1. The number of benzene rings is 1. The maximum absolute atomic E-state index is 13.2. The molecular weight excluding hydrogens is 674 g/mol. The van der Waals surface area contributed by atoms with Crippen LogP contribution in [0.4, 0.5) is 5.69 Å². The van der Waals surface area contributed by atoms with E-state index in [2.05, 4.69) is 10.6 Å². The van der Waals surface area contributed by atoms with E-state index < -0.39 is 80.6 Å². The number of hydrogen-bond donors (Lipinski definition) is 3. The monoisotopic (exact) mass is 721 g/mol. The molecule has 15 nitrogen and oxygen atoms in total. The van der Waals surface area contributed by atoms with Gasteiger partial charge in [-0.25, -0.2) is 0 Å². The molecule has 0 radical (unpaired) electrons. The first-order valence-electron chi connectivity index (χ1n) is 16.3. The highest BCUT2D eigenvalue weighted by Gasteiger charge is 2.34. The van der Waals surface area contributed by atoms with Crippen LogP contribution in [0.25, 0.3) is 0 Å². The molecule has 0 fully saturated rings. The molecule has 1 heterocycles. The van der Waals surface area contributed by atoms with Gasteiger partial charge in [0, 0.05) is 43.1 Å². The summed E-state index contributed by atoms with van der Waals surface area (Å²) in [5, 5.41) is 5.11. The van der Waals surface area contributed by atoms with Crippen LogP contribution in [0.2, 0.25) is 0 Å². The van der Waals surface area contributed by atoms with E-state index >= 15 is 0 Å². The lowest BCUT2D eigenvalue weighted by molar-refractivity contribution is -0.155. The molecule has 1 aromatic rings. The number of nitrogens with one attached hydrogen (secondary N) is 2. The standard InChI is InChI=1S/C34H47N3O12S/c1-21(2)30(25(38)18-22(3)31(42)35-24-13-11-23(12-14-24)19-48-33(44)34(4,5)6)36-32(43)26(20-50(45,46)47)49-29(41)10-8-7-9-17-37-27(39)15-16-28(37)40/h11-16,21-22,26,30H,7-10,17-20H2,1-6H3,(H,35,42)(H,36,43)(H,45,46,47)/t22-,26+,30+/m0/s1. The van der Waals surface area contributed by atoms with E-state index in [4.69, 9.17) is 9.47 Å². The van der Waals surface area contributed by atoms with E-state index in [0.717, 1.165) is 17.1 Å². The van der Waals surface area contributed by atoms with Crippen molar-refractivity contribution in [1.29, 1.82) is 0 Å². The van der Waals surface area contributed by atoms with Gasteiger partial charge in [0.05, 0.1) is 11.5 Å². The molecule has 0 saturated heterocycles. The van der Waals surface area contributed by atoms with Gasteiger partial charge in [0.1, 0.15) is 12.4 Å². The van der Waals surface area contributed by atoms with Crippen molar-refractivity contribution in [3.05, 3.63) is 42.0 Å². The number of ether oxygens (including phenoxy) is 2. The Kier molecular flexibility index (Phi) is 15.5. The normalized spacial score (nSPS) is 15.0. The van der Waals surface area contributed by atoms with Crippen LogP contribution in [0.15, 0.2) is 36.4 Å². The fourth-order valence-corrected chi connectivity index (χ4v) is 5.24. The molecule has 0 spiro atoms. The summed E-state index contributed by atoms with van der Waals surface area (Å²) in [4.78, 5) is 87.9. The second-order valence-corrected chi connectivity index (χ2v) is 15.0. The molecule has 2 rings (SSSR count). The molecule has 1 aromatic carbocycles. The summed E-state index contributed by atoms with van der Waals surface area (Å²) in [7, 11) is -4.79. The molecule has 0 unspecified atom stereocenters. The minimum absolute atomic E-state index is 0.0627. The molecular formula is C34H47N3O12S. The zero-order valence-electron chi connectivity index (χ0n) is 29.2. The summed E-state index contributed by atoms with van der Waals surface area (Å²) >= 11 is 0. The number of esters is 2. The largest absolute Gasteiger partial charge is 0.460 e. The average Bonchev–Trinajstić information content (AvgIpc) is 3.33. The van der Waals surface area contributed by atoms with Crippen molar-refractivity contribution in [3.63, 3.8) is 0 Å². The highest BCUT2D eigenvalue weighted by molar-refractivity contribution is 7.85. The lowest BCUT2D eigenvalue weighted by Gasteiger charge is -2.25. The van der Waals surface area contributed by atoms with Crippen molar-refractivity contribution in [1.82, 2.24) is 10.2 Å². The molecule has 16 heteroatoms. The summed E-state index contributed by atoms with van der Waals surface area (Å²) in [5.74, 6) is -6.85. The second-order valence-electron chi connectivity index (χ2n) is 13.5. The van der Waals surface area contributed by atoms with Crippen molar-refractivity contribution < 1.29 is 56.0 Å². The first kappa shape index (κ1) is 41.7. The van der Waals surface area contributed by atoms with Crippen molar-refractivity contribution in [2.24, 2.45) is 17.3 Å². The van der Waals surface area contributed by atoms with Gasteiger partial charge in [-0.2, -0.15) is 8.42 Å². The van der Waals surface area contributed by atoms with Gasteiger partial charge in [-0.1, -0.05) is 39.3 Å². The van der Waals surface area contributed by atoms with Gasteiger partial charge in [0.15, 0.2) is 11.9 Å². The highest BCUT2D eigenvalue weighted by atomic mass is 32.2. The molecule has 276 valence electrons. The van der Waals surface area contributed by atoms with Gasteiger partial charge in [-0.3, -0.25) is 43.0 Å². The number of carbonyl (C=O) groups is 7. The number of ketones is 1. The fourth-order valence-electron chi connectivity index (χ4n) is 4.64. The Balaban J connectivity index is 1.92. The van der Waals surface area contributed by atoms with Gasteiger partial charge in [0.2, 0.25) is 5.91 Å². The number of Topliss-reactive ketones (excluding diaryl/α,β-unsaturated/α-hetero) is 1. The molecule has 50 heavy (non-hydrogen) atoms. The molecule has 3 atom stereocenters. The summed E-state index contributed by atoms with van der Waals surface area (Å²) in [6.45, 7) is 10.2. The highest BCUT2D eigenvalue weighted by Crippen LogP contribution is 2.19. The minimum Gasteiger partial charge on any atom is -0.460 e. The summed E-state index contributed by atoms with van der Waals surface area (Å²) in [6.07, 6.45) is 0.912. The van der Waals surface area contributed by atoms with E-state index in [9.17, 15) is 46.5 Å². The van der Waals surface area contributed by atoms with Crippen molar-refractivity contribution in [3.8, 4) is 0 Å². The number of rotatable bonds is 19. The third-order valence-corrected chi connectivity index (χ3v) is 8.29. The van der Waals surface area contributed by atoms with Crippen LogP contribution in [0.5, 0.6) is 0 Å². The van der Waals surface area contributed by atoms with E-state index in [1.54, 1.807) is 58.9 Å². The summed E-state index contributed by atoms with van der Waals surface area (Å²) < 4.78 is 43.0. The fraction of sp³-hybridized carbons (Fsp3) is 0.559. The number of imide groups is 1. The number of nitrogens with zero attached hydrogens (tertiary/aromatic N) is 1. The molecule has 0 saturated carbocycles. The quantitative estimate of drug-likeness (QED) is 0.0813. The van der Waals surface area contributed by atoms with Gasteiger partial charge < -0.3 is 20.1 Å². The van der Waals surface area contributed by atoms with Crippen LogP contribution >= 0.6 is 0 Å². The van der Waals surface area contributed by atoms with Crippen LogP contribution < -0.4 is 10.6 Å². The van der Waals surface area contributed by atoms with E-state index in [1.165, 1.54) is 6.92 Å². The number of unbranched alkanes of at least 4 members (excludes halogenated alkanes) is 2. The van der Waals surface area contributed by atoms with Crippen LogP contribution in [0.3, 0.4) is 0 Å². The lowest BCUT2D eigenvalue weighted by Crippen LogP contribution is -2.51. The smallest absolute Gasteiger partial charge is 0.311 e. The molecule has 0 bridgehead atoms. The second kappa shape index (κ2) is 18.5. The lowest BCUT2D eigenvalue weighted by atomic mass is 9.92. The van der Waals surface area contributed by atoms with E-state index in [1.807, 2.05) is 0 Å². The molecule has 3 N–H and O–H groups in total. The molecule has 4 amide bonds. The SMILES string of the molecule is CC(C)[C@@H](NC(=O)[C@@H](CS(=O)(=O)O)OC(=O)CCCCCN1C(=O)C=CC1=O)C(=O)C[C@H](C)C(=O)Nc1ccc(COC(=O)C(C)(C)C)cc1. The Morgan fingerprint density at radius 2 is 1.50 bits per heavy atom. The zero-order valence-corrected chi connectivity index (χ0v) is 30.0. The maximum atomic E-state index is 13.2. The zero-order chi connectivity index (χ0) is 37.8. The van der Waals surface area contributed by atoms with Gasteiger partial charge >= 0.3 is 11.9 Å². The van der Waals surface area contributed by atoms with Gasteiger partial charge in [-0.05, 0) is 57.2 Å². The third kappa shape index (κ3) is 14.2. The van der Waals surface area contributed by atoms with Crippen LogP contribution in [0, 0.1) is 17.3 Å². The van der Waals surface area contributed by atoms with Crippen molar-refractivity contribution in [2.45, 2.75) is 92.4 Å². The average molecular weight is 722 g/mol.